The van der Waals surface area contributed by atoms with E-state index in [1.165, 1.54) is 24.1 Å². The molecule has 3 heterocycles. The summed E-state index contributed by atoms with van der Waals surface area (Å²) in [6, 6.07) is 7.85. The molecule has 1 aromatic heterocycles. The fourth-order valence-electron chi connectivity index (χ4n) is 4.66. The lowest BCUT2D eigenvalue weighted by atomic mass is 9.91. The van der Waals surface area contributed by atoms with Gasteiger partial charge in [-0.05, 0) is 37.8 Å². The number of rotatable bonds is 2. The van der Waals surface area contributed by atoms with Crippen molar-refractivity contribution in [1.82, 2.24) is 9.97 Å². The molecule has 0 saturated carbocycles. The van der Waals surface area contributed by atoms with Crippen LogP contribution in [0.4, 0.5) is 5.82 Å². The number of aryl methyl sites for hydroxylation is 1. The van der Waals surface area contributed by atoms with Crippen molar-refractivity contribution in [3.8, 4) is 11.4 Å². The van der Waals surface area contributed by atoms with Crippen LogP contribution in [0.5, 0.6) is 0 Å². The van der Waals surface area contributed by atoms with Crippen LogP contribution in [0.1, 0.15) is 36.9 Å². The maximum absolute atomic E-state index is 6.25. The molecule has 0 bridgehead atoms. The van der Waals surface area contributed by atoms with Crippen molar-refractivity contribution in [3.63, 3.8) is 0 Å². The van der Waals surface area contributed by atoms with E-state index < -0.39 is 0 Å². The van der Waals surface area contributed by atoms with Crippen LogP contribution in [0.2, 0.25) is 5.02 Å². The molecular weight excluding hydrogens is 374 g/mol. The number of aromatic nitrogens is 2. The van der Waals surface area contributed by atoms with E-state index in [0.717, 1.165) is 75.8 Å². The first-order valence-corrected chi connectivity index (χ1v) is 10.7. The van der Waals surface area contributed by atoms with Gasteiger partial charge in [-0.25, -0.2) is 9.97 Å². The van der Waals surface area contributed by atoms with E-state index in [9.17, 15) is 0 Å². The van der Waals surface area contributed by atoms with Gasteiger partial charge < -0.3 is 14.4 Å². The summed E-state index contributed by atoms with van der Waals surface area (Å²) in [4.78, 5) is 12.4. The lowest BCUT2D eigenvalue weighted by Gasteiger charge is -2.45. The molecule has 28 heavy (non-hydrogen) atoms. The van der Waals surface area contributed by atoms with Crippen LogP contribution >= 0.6 is 11.6 Å². The van der Waals surface area contributed by atoms with E-state index in [2.05, 4.69) is 4.90 Å². The quantitative estimate of drug-likeness (QED) is 0.762. The molecule has 5 rings (SSSR count). The molecule has 1 aliphatic carbocycles. The summed E-state index contributed by atoms with van der Waals surface area (Å²) in [5.41, 5.74) is 3.43. The first kappa shape index (κ1) is 18.3. The fraction of sp³-hybridized carbons (Fsp3) is 0.545. The molecule has 6 heteroatoms. The zero-order valence-electron chi connectivity index (χ0n) is 16.1. The van der Waals surface area contributed by atoms with Crippen LogP contribution in [0, 0.1) is 0 Å². The van der Waals surface area contributed by atoms with Crippen molar-refractivity contribution >= 4 is 17.4 Å². The third kappa shape index (κ3) is 3.51. The molecule has 0 radical (unpaired) electrons. The van der Waals surface area contributed by atoms with E-state index in [0.29, 0.717) is 5.02 Å². The van der Waals surface area contributed by atoms with Crippen molar-refractivity contribution in [2.24, 2.45) is 0 Å². The number of benzene rings is 1. The minimum atomic E-state index is -0.0980. The van der Waals surface area contributed by atoms with Crippen LogP contribution in [0.3, 0.4) is 0 Å². The summed E-state index contributed by atoms with van der Waals surface area (Å²) < 4.78 is 11.8. The highest BCUT2D eigenvalue weighted by molar-refractivity contribution is 6.30. The Kier molecular flexibility index (Phi) is 4.99. The van der Waals surface area contributed by atoms with Gasteiger partial charge in [-0.1, -0.05) is 23.7 Å². The summed E-state index contributed by atoms with van der Waals surface area (Å²) in [5, 5.41) is 0.716. The second-order valence-corrected chi connectivity index (χ2v) is 8.52. The maximum Gasteiger partial charge on any atom is 0.161 e. The summed E-state index contributed by atoms with van der Waals surface area (Å²) in [7, 11) is 0. The summed E-state index contributed by atoms with van der Waals surface area (Å²) in [6.07, 6.45) is 6.41. The van der Waals surface area contributed by atoms with Crippen molar-refractivity contribution in [1.29, 1.82) is 0 Å². The number of fused-ring (bicyclic) bond motifs is 1. The number of halogens is 1. The molecule has 2 aliphatic heterocycles. The minimum Gasteiger partial charge on any atom is -0.381 e. The van der Waals surface area contributed by atoms with Crippen LogP contribution in [0.15, 0.2) is 24.3 Å². The first-order chi connectivity index (χ1) is 13.7. The largest absolute Gasteiger partial charge is 0.381 e. The van der Waals surface area contributed by atoms with Crippen LogP contribution in [0.25, 0.3) is 11.4 Å². The van der Waals surface area contributed by atoms with Crippen LogP contribution in [-0.4, -0.2) is 48.5 Å². The Bertz CT molecular complexity index is 861. The Balaban J connectivity index is 1.55. The van der Waals surface area contributed by atoms with Crippen molar-refractivity contribution < 1.29 is 9.47 Å². The van der Waals surface area contributed by atoms with E-state index >= 15 is 0 Å². The summed E-state index contributed by atoms with van der Waals surface area (Å²) in [5.74, 6) is 1.89. The molecule has 2 saturated heterocycles. The van der Waals surface area contributed by atoms with Gasteiger partial charge in [-0.3, -0.25) is 0 Å². The highest BCUT2D eigenvalue weighted by Gasteiger charge is 2.39. The van der Waals surface area contributed by atoms with E-state index in [1.807, 2.05) is 24.3 Å². The Labute approximate surface area is 171 Å². The lowest BCUT2D eigenvalue weighted by Crippen LogP contribution is -2.55. The van der Waals surface area contributed by atoms with Crippen molar-refractivity contribution in [3.05, 3.63) is 40.5 Å². The average Bonchev–Trinajstić information content (AvgIpc) is 2.73. The lowest BCUT2D eigenvalue weighted by molar-refractivity contribution is -0.116. The molecule has 1 aromatic carbocycles. The highest BCUT2D eigenvalue weighted by atomic mass is 35.5. The number of anilines is 1. The van der Waals surface area contributed by atoms with Crippen LogP contribution < -0.4 is 4.90 Å². The summed E-state index contributed by atoms with van der Waals surface area (Å²) >= 11 is 6.23. The molecule has 1 spiro atoms. The van der Waals surface area contributed by atoms with Gasteiger partial charge in [0.05, 0.1) is 12.2 Å². The molecule has 5 nitrogen and oxygen atoms in total. The van der Waals surface area contributed by atoms with Gasteiger partial charge in [-0.2, -0.15) is 0 Å². The van der Waals surface area contributed by atoms with Gasteiger partial charge in [0, 0.05) is 61.0 Å². The van der Waals surface area contributed by atoms with Gasteiger partial charge in [0.25, 0.3) is 0 Å². The standard InChI is InChI=1S/C22H26ClN3O2/c23-17-5-3-4-16(14-17)20-24-19-7-2-1-6-18(19)21(25-20)26-10-13-28-22(15-26)8-11-27-12-9-22/h3-5,14H,1-2,6-13,15H2. The Hall–Kier alpha value is -1.69. The van der Waals surface area contributed by atoms with Gasteiger partial charge >= 0.3 is 0 Å². The van der Waals surface area contributed by atoms with E-state index in [1.54, 1.807) is 0 Å². The molecular formula is C22H26ClN3O2. The van der Waals surface area contributed by atoms with Crippen molar-refractivity contribution in [2.75, 3.05) is 37.8 Å². The monoisotopic (exact) mass is 399 g/mol. The third-order valence-electron chi connectivity index (χ3n) is 6.20. The van der Waals surface area contributed by atoms with Gasteiger partial charge in [0.15, 0.2) is 5.82 Å². The number of hydrogen-bond donors (Lipinski definition) is 0. The zero-order chi connectivity index (χ0) is 19.0. The van der Waals surface area contributed by atoms with E-state index in [-0.39, 0.29) is 5.60 Å². The number of hydrogen-bond acceptors (Lipinski definition) is 5. The van der Waals surface area contributed by atoms with Gasteiger partial charge in [0.2, 0.25) is 0 Å². The second kappa shape index (κ2) is 7.62. The summed E-state index contributed by atoms with van der Waals surface area (Å²) in [6.45, 7) is 4.06. The maximum atomic E-state index is 6.25. The van der Waals surface area contributed by atoms with E-state index in [4.69, 9.17) is 31.0 Å². The van der Waals surface area contributed by atoms with Crippen LogP contribution in [-0.2, 0) is 22.3 Å². The SMILES string of the molecule is Clc1cccc(-c2nc3c(c(N4CCOC5(CCOCC5)C4)n2)CCCC3)c1. The molecule has 0 amide bonds. The topological polar surface area (TPSA) is 47.5 Å². The third-order valence-corrected chi connectivity index (χ3v) is 6.43. The Morgan fingerprint density at radius 3 is 2.75 bits per heavy atom. The predicted octanol–water partition coefficient (Wildman–Crippen LogP) is 4.06. The fourth-order valence-corrected chi connectivity index (χ4v) is 4.85. The minimum absolute atomic E-state index is 0.0980. The molecule has 0 atom stereocenters. The predicted molar refractivity (Wildman–Crippen MR) is 110 cm³/mol. The first-order valence-electron chi connectivity index (χ1n) is 10.3. The second-order valence-electron chi connectivity index (χ2n) is 8.08. The highest BCUT2D eigenvalue weighted by Crippen LogP contribution is 2.35. The normalized spacial score (nSPS) is 21.5. The number of morpholine rings is 1. The number of ether oxygens (including phenoxy) is 2. The molecule has 2 fully saturated rings. The molecule has 3 aliphatic rings. The van der Waals surface area contributed by atoms with Gasteiger partial charge in [-0.15, -0.1) is 0 Å². The molecule has 0 N–H and O–H groups in total. The number of nitrogens with zero attached hydrogens (tertiary/aromatic N) is 3. The molecule has 2 aromatic rings. The van der Waals surface area contributed by atoms with Crippen molar-refractivity contribution in [2.45, 2.75) is 44.1 Å². The van der Waals surface area contributed by atoms with Gasteiger partial charge in [0.1, 0.15) is 5.82 Å². The molecule has 0 unspecified atom stereocenters. The Morgan fingerprint density at radius 1 is 1.04 bits per heavy atom. The molecule has 148 valence electrons. The zero-order valence-corrected chi connectivity index (χ0v) is 16.9. The Morgan fingerprint density at radius 2 is 1.89 bits per heavy atom. The smallest absolute Gasteiger partial charge is 0.161 e. The average molecular weight is 400 g/mol.